The predicted octanol–water partition coefficient (Wildman–Crippen LogP) is 2.02. The molecule has 3 aliphatic rings. The third kappa shape index (κ3) is 5.23. The Morgan fingerprint density at radius 2 is 1.94 bits per heavy atom. The van der Waals surface area contributed by atoms with E-state index in [1.807, 2.05) is 11.6 Å². The van der Waals surface area contributed by atoms with Gasteiger partial charge >= 0.3 is 5.97 Å². The maximum atomic E-state index is 12.9. The van der Waals surface area contributed by atoms with Gasteiger partial charge in [0.2, 0.25) is 5.91 Å². The van der Waals surface area contributed by atoms with Crippen LogP contribution in [0, 0.1) is 11.3 Å². The molecule has 4 heterocycles. The van der Waals surface area contributed by atoms with E-state index >= 15 is 0 Å². The van der Waals surface area contributed by atoms with Crippen LogP contribution in [0.15, 0.2) is 0 Å². The number of rotatable bonds is 7. The second-order valence-corrected chi connectivity index (χ2v) is 9.77. The first-order valence-electron chi connectivity index (χ1n) is 12.4. The fraction of sp³-hybridized carbons (Fsp3) is 0.750. The normalized spacial score (nSPS) is 20.9. The van der Waals surface area contributed by atoms with Crippen molar-refractivity contribution in [2.24, 2.45) is 11.3 Å². The van der Waals surface area contributed by atoms with Crippen LogP contribution in [0.2, 0.25) is 0 Å². The molecule has 0 saturated carbocycles. The molecule has 9 heteroatoms. The Balaban J connectivity index is 1.36. The van der Waals surface area contributed by atoms with Gasteiger partial charge in [-0.15, -0.1) is 0 Å². The molecule has 33 heavy (non-hydrogen) atoms. The molecule has 2 amide bonds. The number of hydrogen-bond donors (Lipinski definition) is 2. The van der Waals surface area contributed by atoms with E-state index in [0.29, 0.717) is 51.9 Å². The standard InChI is InChI=1S/C24H36N4O5/c1-2-18-21-19(15-24(16-25-22(21)30)8-13-33-14-9-24)28(26-18)10-4-3-5-20(29)27-11-6-17(7-12-27)23(31)32/h17H,2-16H2,1H3,(H,25,30)(H,31,32). The molecule has 0 atom stereocenters. The van der Waals surface area contributed by atoms with Crippen LogP contribution in [0.25, 0.3) is 0 Å². The molecular formula is C24H36N4O5. The van der Waals surface area contributed by atoms with Gasteiger partial charge in [-0.05, 0) is 56.8 Å². The van der Waals surface area contributed by atoms with Crippen molar-refractivity contribution in [1.82, 2.24) is 20.0 Å². The first-order valence-corrected chi connectivity index (χ1v) is 12.4. The summed E-state index contributed by atoms with van der Waals surface area (Å²) in [4.78, 5) is 38.4. The Morgan fingerprint density at radius 1 is 1.21 bits per heavy atom. The van der Waals surface area contributed by atoms with Gasteiger partial charge in [-0.25, -0.2) is 0 Å². The van der Waals surface area contributed by atoms with Gasteiger partial charge < -0.3 is 20.1 Å². The average Bonchev–Trinajstić information content (AvgIpc) is 3.10. The number of carbonyl (C=O) groups excluding carboxylic acids is 2. The predicted molar refractivity (Wildman–Crippen MR) is 121 cm³/mol. The number of hydrogen-bond acceptors (Lipinski definition) is 5. The lowest BCUT2D eigenvalue weighted by atomic mass is 9.76. The molecule has 0 aliphatic carbocycles. The molecule has 0 bridgehead atoms. The Morgan fingerprint density at radius 3 is 2.61 bits per heavy atom. The highest BCUT2D eigenvalue weighted by Crippen LogP contribution is 2.37. The maximum absolute atomic E-state index is 12.9. The first kappa shape index (κ1) is 23.7. The van der Waals surface area contributed by atoms with Gasteiger partial charge in [0.15, 0.2) is 0 Å². The number of unbranched alkanes of at least 4 members (excludes halogenated alkanes) is 1. The van der Waals surface area contributed by atoms with Gasteiger partial charge in [0.05, 0.1) is 22.9 Å². The van der Waals surface area contributed by atoms with Crippen molar-refractivity contribution < 1.29 is 24.2 Å². The lowest BCUT2D eigenvalue weighted by molar-refractivity contribution is -0.145. The van der Waals surface area contributed by atoms with Gasteiger partial charge in [0.25, 0.3) is 5.91 Å². The molecule has 1 aromatic rings. The number of aryl methyl sites for hydroxylation is 2. The number of amides is 2. The summed E-state index contributed by atoms with van der Waals surface area (Å²) in [7, 11) is 0. The summed E-state index contributed by atoms with van der Waals surface area (Å²) in [6.07, 6.45) is 6.51. The summed E-state index contributed by atoms with van der Waals surface area (Å²) in [5, 5.41) is 17.0. The third-order valence-corrected chi connectivity index (χ3v) is 7.62. The molecule has 2 saturated heterocycles. The molecule has 0 unspecified atom stereocenters. The number of nitrogens with one attached hydrogen (secondary N) is 1. The van der Waals surface area contributed by atoms with Crippen LogP contribution in [0.1, 0.15) is 73.6 Å². The highest BCUT2D eigenvalue weighted by atomic mass is 16.5. The monoisotopic (exact) mass is 460 g/mol. The average molecular weight is 461 g/mol. The largest absolute Gasteiger partial charge is 0.481 e. The summed E-state index contributed by atoms with van der Waals surface area (Å²) >= 11 is 0. The van der Waals surface area contributed by atoms with Gasteiger partial charge in [-0.1, -0.05) is 6.92 Å². The SMILES string of the molecule is CCc1nn(CCCCC(=O)N2CCC(C(=O)O)CC2)c2c1C(=O)NCC1(CCOCC1)C2. The number of aliphatic carboxylic acids is 1. The van der Waals surface area contributed by atoms with Crippen molar-refractivity contribution in [2.75, 3.05) is 32.8 Å². The number of ether oxygens (including phenoxy) is 1. The van der Waals surface area contributed by atoms with E-state index in [2.05, 4.69) is 5.32 Å². The van der Waals surface area contributed by atoms with Crippen molar-refractivity contribution in [1.29, 1.82) is 0 Å². The smallest absolute Gasteiger partial charge is 0.306 e. The van der Waals surface area contributed by atoms with E-state index in [9.17, 15) is 14.4 Å². The highest BCUT2D eigenvalue weighted by Gasteiger charge is 2.39. The molecule has 0 aromatic carbocycles. The molecule has 1 spiro atoms. The Bertz CT molecular complexity index is 882. The molecule has 3 aliphatic heterocycles. The summed E-state index contributed by atoms with van der Waals surface area (Å²) in [6, 6.07) is 0. The number of piperidine rings is 1. The molecule has 2 N–H and O–H groups in total. The zero-order valence-electron chi connectivity index (χ0n) is 19.6. The number of nitrogens with zero attached hydrogens (tertiary/aromatic N) is 3. The minimum absolute atomic E-state index is 0.0172. The number of aromatic nitrogens is 2. The number of carbonyl (C=O) groups is 3. The van der Waals surface area contributed by atoms with Crippen LogP contribution in [-0.2, 0) is 33.7 Å². The first-order chi connectivity index (χ1) is 15.9. The van der Waals surface area contributed by atoms with Crippen LogP contribution in [0.4, 0.5) is 0 Å². The topological polar surface area (TPSA) is 114 Å². The molecule has 4 rings (SSSR count). The van der Waals surface area contributed by atoms with E-state index in [1.165, 1.54) is 0 Å². The van der Waals surface area contributed by atoms with E-state index in [0.717, 1.165) is 62.3 Å². The van der Waals surface area contributed by atoms with E-state index in [-0.39, 0.29) is 23.1 Å². The fourth-order valence-corrected chi connectivity index (χ4v) is 5.43. The van der Waals surface area contributed by atoms with Crippen LogP contribution >= 0.6 is 0 Å². The van der Waals surface area contributed by atoms with Crippen molar-refractivity contribution in [2.45, 2.75) is 71.3 Å². The summed E-state index contributed by atoms with van der Waals surface area (Å²) in [5.41, 5.74) is 2.66. The highest BCUT2D eigenvalue weighted by molar-refractivity contribution is 5.97. The van der Waals surface area contributed by atoms with Crippen molar-refractivity contribution in [3.8, 4) is 0 Å². The van der Waals surface area contributed by atoms with Crippen LogP contribution in [0.3, 0.4) is 0 Å². The minimum atomic E-state index is -0.761. The number of carboxylic acid groups (broad SMARTS) is 1. The summed E-state index contributed by atoms with van der Waals surface area (Å²) in [5.74, 6) is -0.999. The number of likely N-dealkylation sites (tertiary alicyclic amines) is 1. The second kappa shape index (κ2) is 10.2. The Labute approximate surface area is 194 Å². The van der Waals surface area contributed by atoms with Gasteiger partial charge in [-0.3, -0.25) is 19.1 Å². The van der Waals surface area contributed by atoms with E-state index in [1.54, 1.807) is 4.90 Å². The van der Waals surface area contributed by atoms with Crippen molar-refractivity contribution in [3.05, 3.63) is 17.0 Å². The molecular weight excluding hydrogens is 424 g/mol. The molecule has 0 radical (unpaired) electrons. The van der Waals surface area contributed by atoms with E-state index < -0.39 is 5.97 Å². The molecule has 182 valence electrons. The molecule has 9 nitrogen and oxygen atoms in total. The van der Waals surface area contributed by atoms with Gasteiger partial charge in [0.1, 0.15) is 0 Å². The van der Waals surface area contributed by atoms with Gasteiger partial charge in [-0.2, -0.15) is 5.10 Å². The Kier molecular flexibility index (Phi) is 7.36. The summed E-state index contributed by atoms with van der Waals surface area (Å²) < 4.78 is 7.59. The van der Waals surface area contributed by atoms with Crippen LogP contribution in [-0.4, -0.2) is 70.4 Å². The van der Waals surface area contributed by atoms with Crippen LogP contribution < -0.4 is 5.32 Å². The molecule has 2 fully saturated rings. The number of fused-ring (bicyclic) bond motifs is 1. The second-order valence-electron chi connectivity index (χ2n) is 9.77. The maximum Gasteiger partial charge on any atom is 0.306 e. The Hall–Kier alpha value is -2.42. The quantitative estimate of drug-likeness (QED) is 0.602. The van der Waals surface area contributed by atoms with Crippen molar-refractivity contribution >= 4 is 17.8 Å². The minimum Gasteiger partial charge on any atom is -0.481 e. The van der Waals surface area contributed by atoms with Crippen molar-refractivity contribution in [3.63, 3.8) is 0 Å². The lowest BCUT2D eigenvalue weighted by Gasteiger charge is -2.36. The van der Waals surface area contributed by atoms with E-state index in [4.69, 9.17) is 14.9 Å². The third-order valence-electron chi connectivity index (χ3n) is 7.62. The zero-order valence-corrected chi connectivity index (χ0v) is 19.6. The number of carboxylic acids is 1. The summed E-state index contributed by atoms with van der Waals surface area (Å²) in [6.45, 7) is 5.92. The fourth-order valence-electron chi connectivity index (χ4n) is 5.43. The molecule has 1 aromatic heterocycles. The van der Waals surface area contributed by atoms with Crippen LogP contribution in [0.5, 0.6) is 0 Å². The zero-order chi connectivity index (χ0) is 23.4. The lowest BCUT2D eigenvalue weighted by Crippen LogP contribution is -2.40. The van der Waals surface area contributed by atoms with Gasteiger partial charge in [0, 0.05) is 45.8 Å².